The van der Waals surface area contributed by atoms with Crippen LogP contribution in [0.5, 0.6) is 0 Å². The first-order valence-electron chi connectivity index (χ1n) is 9.80. The van der Waals surface area contributed by atoms with Crippen molar-refractivity contribution in [2.75, 3.05) is 0 Å². The Balaban J connectivity index is 1.50. The van der Waals surface area contributed by atoms with Crippen molar-refractivity contribution in [2.24, 2.45) is 0 Å². The highest BCUT2D eigenvalue weighted by Gasteiger charge is 2.16. The number of aromatic amines is 1. The van der Waals surface area contributed by atoms with Crippen LogP contribution in [0.3, 0.4) is 0 Å². The van der Waals surface area contributed by atoms with Gasteiger partial charge in [-0.15, -0.1) is 11.3 Å². The van der Waals surface area contributed by atoms with Crippen LogP contribution >= 0.6 is 11.3 Å². The topological polar surface area (TPSA) is 63.6 Å². The summed E-state index contributed by atoms with van der Waals surface area (Å²) in [6.07, 6.45) is 4.22. The maximum atomic E-state index is 12.9. The third kappa shape index (κ3) is 3.46. The molecule has 5 aromatic rings. The van der Waals surface area contributed by atoms with E-state index < -0.39 is 0 Å². The van der Waals surface area contributed by atoms with Crippen LogP contribution in [0.4, 0.5) is 0 Å². The zero-order valence-electron chi connectivity index (χ0n) is 16.5. The Kier molecular flexibility index (Phi) is 4.77. The number of fused-ring (bicyclic) bond motifs is 1. The molecule has 1 N–H and O–H groups in total. The van der Waals surface area contributed by atoms with Gasteiger partial charge in [0.05, 0.1) is 11.8 Å². The van der Waals surface area contributed by atoms with Gasteiger partial charge in [0.1, 0.15) is 16.5 Å². The molecule has 2 aromatic carbocycles. The zero-order valence-corrected chi connectivity index (χ0v) is 17.3. The molecule has 0 atom stereocenters. The third-order valence-corrected chi connectivity index (χ3v) is 6.44. The van der Waals surface area contributed by atoms with Crippen molar-refractivity contribution in [1.29, 1.82) is 0 Å². The minimum Gasteiger partial charge on any atom is -0.330 e. The minimum absolute atomic E-state index is 0.0907. The van der Waals surface area contributed by atoms with Gasteiger partial charge in [0.2, 0.25) is 0 Å². The number of hydrogen-bond acceptors (Lipinski definition) is 4. The summed E-state index contributed by atoms with van der Waals surface area (Å²) >= 11 is 1.57. The van der Waals surface area contributed by atoms with Gasteiger partial charge < -0.3 is 9.55 Å². The van der Waals surface area contributed by atoms with Crippen molar-refractivity contribution in [3.63, 3.8) is 0 Å². The predicted octanol–water partition coefficient (Wildman–Crippen LogP) is 4.80. The summed E-state index contributed by atoms with van der Waals surface area (Å²) in [4.78, 5) is 27.0. The quantitative estimate of drug-likeness (QED) is 0.451. The number of thiophene rings is 1. The first kappa shape index (κ1) is 18.5. The molecule has 5 rings (SSSR count). The fraction of sp³-hybridized carbons (Fsp3) is 0.125. The maximum absolute atomic E-state index is 12.9. The summed E-state index contributed by atoms with van der Waals surface area (Å²) in [6, 6.07) is 20.4. The van der Waals surface area contributed by atoms with Gasteiger partial charge in [0, 0.05) is 23.8 Å². The fourth-order valence-corrected chi connectivity index (χ4v) is 4.92. The molecule has 0 aliphatic carbocycles. The SMILES string of the molecule is Cc1c(-c2ccccc2)sc2nc(Cc3nccn3Cc3ccccc3)[nH]c(=O)c12. The predicted molar refractivity (Wildman–Crippen MR) is 121 cm³/mol. The summed E-state index contributed by atoms with van der Waals surface area (Å²) in [7, 11) is 0. The number of benzene rings is 2. The van der Waals surface area contributed by atoms with Crippen molar-refractivity contribution in [2.45, 2.75) is 19.9 Å². The number of aromatic nitrogens is 4. The lowest BCUT2D eigenvalue weighted by molar-refractivity contribution is 0.728. The number of nitrogens with one attached hydrogen (secondary N) is 1. The number of hydrogen-bond donors (Lipinski definition) is 1. The number of rotatable bonds is 5. The van der Waals surface area contributed by atoms with Gasteiger partial charge in [-0.2, -0.15) is 0 Å². The van der Waals surface area contributed by atoms with Crippen molar-refractivity contribution in [1.82, 2.24) is 19.5 Å². The lowest BCUT2D eigenvalue weighted by Gasteiger charge is -2.08. The van der Waals surface area contributed by atoms with E-state index >= 15 is 0 Å². The van der Waals surface area contributed by atoms with Crippen LogP contribution in [0.2, 0.25) is 0 Å². The highest BCUT2D eigenvalue weighted by molar-refractivity contribution is 7.22. The van der Waals surface area contributed by atoms with Crippen LogP contribution in [0.25, 0.3) is 20.7 Å². The Morgan fingerprint density at radius 1 is 1.03 bits per heavy atom. The normalized spacial score (nSPS) is 11.2. The van der Waals surface area contributed by atoms with Crippen LogP contribution in [0.1, 0.15) is 22.8 Å². The molecule has 0 amide bonds. The van der Waals surface area contributed by atoms with E-state index in [1.807, 2.05) is 49.5 Å². The van der Waals surface area contributed by atoms with E-state index in [-0.39, 0.29) is 5.56 Å². The molecule has 0 saturated heterocycles. The summed E-state index contributed by atoms with van der Waals surface area (Å²) in [5, 5.41) is 0.676. The van der Waals surface area contributed by atoms with Crippen LogP contribution in [-0.4, -0.2) is 19.5 Å². The van der Waals surface area contributed by atoms with Crippen LogP contribution in [-0.2, 0) is 13.0 Å². The summed E-state index contributed by atoms with van der Waals surface area (Å²) < 4.78 is 2.09. The van der Waals surface area contributed by atoms with Gasteiger partial charge in [-0.25, -0.2) is 9.97 Å². The molecule has 0 radical (unpaired) electrons. The van der Waals surface area contributed by atoms with E-state index in [0.29, 0.717) is 17.6 Å². The summed E-state index contributed by atoms with van der Waals surface area (Å²) in [6.45, 7) is 2.73. The Bertz CT molecular complexity index is 1370. The Morgan fingerprint density at radius 2 is 1.77 bits per heavy atom. The number of imidazole rings is 1. The first-order chi connectivity index (χ1) is 14.7. The van der Waals surface area contributed by atoms with Crippen LogP contribution in [0.15, 0.2) is 77.9 Å². The van der Waals surface area contributed by atoms with Crippen molar-refractivity contribution in [3.8, 4) is 10.4 Å². The summed E-state index contributed by atoms with van der Waals surface area (Å²) in [5.41, 5.74) is 3.20. The standard InChI is InChI=1S/C24H20N4OS/c1-16-21-23(29)26-19(27-24(21)30-22(16)18-10-6-3-7-11-18)14-20-25-12-13-28(20)15-17-8-4-2-5-9-17/h2-13H,14-15H2,1H3,(H,26,27,29). The van der Waals surface area contributed by atoms with E-state index in [1.54, 1.807) is 17.5 Å². The molecule has 148 valence electrons. The van der Waals surface area contributed by atoms with Crippen molar-refractivity contribution in [3.05, 3.63) is 106 Å². The third-order valence-electron chi connectivity index (χ3n) is 5.21. The second-order valence-electron chi connectivity index (χ2n) is 7.25. The van der Waals surface area contributed by atoms with E-state index in [4.69, 9.17) is 4.98 Å². The van der Waals surface area contributed by atoms with Crippen molar-refractivity contribution < 1.29 is 0 Å². The molecule has 0 saturated carbocycles. The molecule has 30 heavy (non-hydrogen) atoms. The second-order valence-corrected chi connectivity index (χ2v) is 8.25. The Morgan fingerprint density at radius 3 is 2.53 bits per heavy atom. The highest BCUT2D eigenvalue weighted by Crippen LogP contribution is 2.35. The van der Waals surface area contributed by atoms with Crippen molar-refractivity contribution >= 4 is 21.6 Å². The highest BCUT2D eigenvalue weighted by atomic mass is 32.1. The fourth-order valence-electron chi connectivity index (χ4n) is 3.72. The summed E-state index contributed by atoms with van der Waals surface area (Å²) in [5.74, 6) is 1.51. The molecule has 0 bridgehead atoms. The van der Waals surface area contributed by atoms with Gasteiger partial charge in [-0.3, -0.25) is 4.79 Å². The average molecular weight is 413 g/mol. The van der Waals surface area contributed by atoms with Gasteiger partial charge in [0.25, 0.3) is 5.56 Å². The molecule has 3 aromatic heterocycles. The molecule has 5 nitrogen and oxygen atoms in total. The van der Waals surface area contributed by atoms with Gasteiger partial charge >= 0.3 is 0 Å². The van der Waals surface area contributed by atoms with Crippen LogP contribution < -0.4 is 5.56 Å². The average Bonchev–Trinajstić information content (AvgIpc) is 3.33. The molecule has 3 heterocycles. The Labute approximate surface area is 177 Å². The molecule has 0 spiro atoms. The molecule has 6 heteroatoms. The smallest absolute Gasteiger partial charge is 0.259 e. The molecular formula is C24H20N4OS. The largest absolute Gasteiger partial charge is 0.330 e. The monoisotopic (exact) mass is 412 g/mol. The Hall–Kier alpha value is -3.51. The van der Waals surface area contributed by atoms with Gasteiger partial charge in [-0.1, -0.05) is 60.7 Å². The minimum atomic E-state index is -0.0907. The molecule has 0 aliphatic rings. The number of H-pyrrole nitrogens is 1. The number of aryl methyl sites for hydroxylation is 1. The molecule has 0 aliphatic heterocycles. The zero-order chi connectivity index (χ0) is 20.5. The maximum Gasteiger partial charge on any atom is 0.259 e. The van der Waals surface area contributed by atoms with Crippen LogP contribution in [0, 0.1) is 6.92 Å². The van der Waals surface area contributed by atoms with E-state index in [2.05, 4.69) is 38.8 Å². The van der Waals surface area contributed by atoms with E-state index in [9.17, 15) is 4.79 Å². The van der Waals surface area contributed by atoms with Gasteiger partial charge in [-0.05, 0) is 23.6 Å². The molecular weight excluding hydrogens is 392 g/mol. The molecule has 0 unspecified atom stereocenters. The first-order valence-corrected chi connectivity index (χ1v) is 10.6. The van der Waals surface area contributed by atoms with E-state index in [0.717, 1.165) is 33.2 Å². The lowest BCUT2D eigenvalue weighted by Crippen LogP contribution is -2.14. The second kappa shape index (κ2) is 7.72. The van der Waals surface area contributed by atoms with Gasteiger partial charge in [0.15, 0.2) is 0 Å². The van der Waals surface area contributed by atoms with E-state index in [1.165, 1.54) is 5.56 Å². The number of nitrogens with zero attached hydrogens (tertiary/aromatic N) is 3. The lowest BCUT2D eigenvalue weighted by atomic mass is 10.1. The molecule has 0 fully saturated rings.